The molecule has 1 aromatic carbocycles. The van der Waals surface area contributed by atoms with Crippen LogP contribution in [0.25, 0.3) is 0 Å². The third-order valence-corrected chi connectivity index (χ3v) is 3.95. The third kappa shape index (κ3) is 4.02. The SMILES string of the molecule is O=C(O)C1CCCCN1C(=O)CCCc1ccc(F)c(F)c1. The van der Waals surface area contributed by atoms with Gasteiger partial charge in [0.1, 0.15) is 6.04 Å². The van der Waals surface area contributed by atoms with Gasteiger partial charge in [0.15, 0.2) is 11.6 Å². The smallest absolute Gasteiger partial charge is 0.326 e. The number of piperidine rings is 1. The minimum atomic E-state index is -0.964. The van der Waals surface area contributed by atoms with Crippen LogP contribution in [0.15, 0.2) is 18.2 Å². The lowest BCUT2D eigenvalue weighted by molar-refractivity contribution is -0.152. The monoisotopic (exact) mass is 311 g/mol. The molecule has 2 rings (SSSR count). The van der Waals surface area contributed by atoms with Crippen molar-refractivity contribution in [3.8, 4) is 0 Å². The van der Waals surface area contributed by atoms with Gasteiger partial charge in [-0.25, -0.2) is 13.6 Å². The zero-order valence-corrected chi connectivity index (χ0v) is 12.2. The molecule has 0 saturated carbocycles. The van der Waals surface area contributed by atoms with Crippen LogP contribution in [0.3, 0.4) is 0 Å². The lowest BCUT2D eigenvalue weighted by Crippen LogP contribution is -2.47. The van der Waals surface area contributed by atoms with E-state index in [1.807, 2.05) is 0 Å². The van der Waals surface area contributed by atoms with E-state index in [0.717, 1.165) is 25.0 Å². The molecule has 1 atom stereocenters. The Morgan fingerprint density at radius 3 is 2.68 bits per heavy atom. The van der Waals surface area contributed by atoms with Crippen molar-refractivity contribution in [3.63, 3.8) is 0 Å². The number of hydrogen-bond acceptors (Lipinski definition) is 2. The number of likely N-dealkylation sites (tertiary alicyclic amines) is 1. The van der Waals surface area contributed by atoms with Crippen LogP contribution in [-0.4, -0.2) is 34.5 Å². The summed E-state index contributed by atoms with van der Waals surface area (Å²) in [6.45, 7) is 0.473. The Hall–Kier alpha value is -1.98. The quantitative estimate of drug-likeness (QED) is 0.909. The molecule has 0 aliphatic carbocycles. The lowest BCUT2D eigenvalue weighted by atomic mass is 10.0. The Bertz CT molecular complexity index is 562. The molecule has 0 bridgehead atoms. The van der Waals surface area contributed by atoms with Crippen molar-refractivity contribution < 1.29 is 23.5 Å². The highest BCUT2D eigenvalue weighted by molar-refractivity contribution is 5.83. The van der Waals surface area contributed by atoms with Crippen LogP contribution in [-0.2, 0) is 16.0 Å². The standard InChI is InChI=1S/C16H19F2NO3/c17-12-8-7-11(10-13(12)18)4-3-6-15(20)19-9-2-1-5-14(19)16(21)22/h7-8,10,14H,1-6,9H2,(H,21,22). The number of amides is 1. The first-order chi connectivity index (χ1) is 10.5. The molecule has 0 aromatic heterocycles. The van der Waals surface area contributed by atoms with Gasteiger partial charge in [0.25, 0.3) is 0 Å². The Morgan fingerprint density at radius 2 is 2.00 bits per heavy atom. The molecule has 1 saturated heterocycles. The number of aryl methyl sites for hydroxylation is 1. The highest BCUT2D eigenvalue weighted by Gasteiger charge is 2.31. The summed E-state index contributed by atoms with van der Waals surface area (Å²) >= 11 is 0. The number of carboxylic acid groups (broad SMARTS) is 1. The summed E-state index contributed by atoms with van der Waals surface area (Å²) in [5, 5.41) is 9.15. The first kappa shape index (κ1) is 16.4. The van der Waals surface area contributed by atoms with Gasteiger partial charge in [-0.3, -0.25) is 4.79 Å². The predicted molar refractivity (Wildman–Crippen MR) is 76.3 cm³/mol. The molecule has 1 aliphatic heterocycles. The number of carbonyl (C=O) groups excluding carboxylic acids is 1. The van der Waals surface area contributed by atoms with Crippen molar-refractivity contribution in [1.29, 1.82) is 0 Å². The van der Waals surface area contributed by atoms with E-state index in [4.69, 9.17) is 5.11 Å². The topological polar surface area (TPSA) is 57.6 Å². The molecule has 0 spiro atoms. The molecule has 1 unspecified atom stereocenters. The number of rotatable bonds is 5. The molecule has 1 amide bonds. The van der Waals surface area contributed by atoms with Crippen LogP contribution in [0.2, 0.25) is 0 Å². The molecule has 22 heavy (non-hydrogen) atoms. The molecule has 1 aromatic rings. The highest BCUT2D eigenvalue weighted by Crippen LogP contribution is 2.19. The maximum atomic E-state index is 13.1. The van der Waals surface area contributed by atoms with Crippen LogP contribution in [0.5, 0.6) is 0 Å². The van der Waals surface area contributed by atoms with E-state index < -0.39 is 23.6 Å². The zero-order valence-electron chi connectivity index (χ0n) is 12.2. The summed E-state index contributed by atoms with van der Waals surface area (Å²) in [4.78, 5) is 24.7. The van der Waals surface area contributed by atoms with Crippen molar-refractivity contribution in [2.75, 3.05) is 6.54 Å². The molecule has 0 radical (unpaired) electrons. The maximum absolute atomic E-state index is 13.1. The molecule has 1 heterocycles. The van der Waals surface area contributed by atoms with Crippen LogP contribution >= 0.6 is 0 Å². The van der Waals surface area contributed by atoms with E-state index >= 15 is 0 Å². The molecule has 6 heteroatoms. The van der Waals surface area contributed by atoms with Crippen LogP contribution in [0.4, 0.5) is 8.78 Å². The normalized spacial score (nSPS) is 18.3. The number of nitrogens with zero attached hydrogens (tertiary/aromatic N) is 1. The summed E-state index contributed by atoms with van der Waals surface area (Å²) in [5.41, 5.74) is 0.625. The molecular formula is C16H19F2NO3. The van der Waals surface area contributed by atoms with Crippen LogP contribution in [0.1, 0.15) is 37.7 Å². The fourth-order valence-corrected chi connectivity index (χ4v) is 2.77. The van der Waals surface area contributed by atoms with E-state index in [9.17, 15) is 18.4 Å². The van der Waals surface area contributed by atoms with Gasteiger partial charge in [0.05, 0.1) is 0 Å². The van der Waals surface area contributed by atoms with Crippen molar-refractivity contribution >= 4 is 11.9 Å². The second kappa shape index (κ2) is 7.33. The first-order valence-electron chi connectivity index (χ1n) is 7.45. The zero-order chi connectivity index (χ0) is 16.1. The van der Waals surface area contributed by atoms with Crippen molar-refractivity contribution in [1.82, 2.24) is 4.90 Å². The number of carbonyl (C=O) groups is 2. The molecule has 1 N–H and O–H groups in total. The van der Waals surface area contributed by atoms with Gasteiger partial charge in [-0.1, -0.05) is 6.07 Å². The lowest BCUT2D eigenvalue weighted by Gasteiger charge is -2.33. The van der Waals surface area contributed by atoms with Crippen molar-refractivity contribution in [3.05, 3.63) is 35.4 Å². The molecule has 1 aliphatic rings. The van der Waals surface area contributed by atoms with Gasteiger partial charge in [-0.15, -0.1) is 0 Å². The number of aliphatic carboxylic acids is 1. The summed E-state index contributed by atoms with van der Waals surface area (Å²) in [7, 11) is 0. The summed E-state index contributed by atoms with van der Waals surface area (Å²) in [6, 6.07) is 2.95. The summed E-state index contributed by atoms with van der Waals surface area (Å²) in [6.07, 6.45) is 3.27. The van der Waals surface area contributed by atoms with Crippen molar-refractivity contribution in [2.45, 2.75) is 44.6 Å². The first-order valence-corrected chi connectivity index (χ1v) is 7.45. The van der Waals surface area contributed by atoms with Crippen LogP contribution in [0, 0.1) is 11.6 Å². The number of benzene rings is 1. The average molecular weight is 311 g/mol. The number of halogens is 2. The number of hydrogen-bond donors (Lipinski definition) is 1. The minimum absolute atomic E-state index is 0.185. The van der Waals surface area contributed by atoms with Gasteiger partial charge in [0.2, 0.25) is 5.91 Å². The maximum Gasteiger partial charge on any atom is 0.326 e. The second-order valence-electron chi connectivity index (χ2n) is 5.54. The summed E-state index contributed by atoms with van der Waals surface area (Å²) in [5.74, 6) is -2.94. The Kier molecular flexibility index (Phi) is 5.46. The fraction of sp³-hybridized carbons (Fsp3) is 0.500. The Morgan fingerprint density at radius 1 is 1.23 bits per heavy atom. The van der Waals surface area contributed by atoms with Gasteiger partial charge in [0, 0.05) is 13.0 Å². The highest BCUT2D eigenvalue weighted by atomic mass is 19.2. The van der Waals surface area contributed by atoms with Gasteiger partial charge in [-0.2, -0.15) is 0 Å². The van der Waals surface area contributed by atoms with Crippen molar-refractivity contribution in [2.24, 2.45) is 0 Å². The predicted octanol–water partition coefficient (Wildman–Crippen LogP) is 2.75. The van der Waals surface area contributed by atoms with E-state index in [0.29, 0.717) is 31.4 Å². The molecular weight excluding hydrogens is 292 g/mol. The molecule has 120 valence electrons. The third-order valence-electron chi connectivity index (χ3n) is 3.95. The van der Waals surface area contributed by atoms with E-state index in [-0.39, 0.29) is 12.3 Å². The van der Waals surface area contributed by atoms with Gasteiger partial charge >= 0.3 is 5.97 Å². The average Bonchev–Trinajstić information content (AvgIpc) is 2.50. The van der Waals surface area contributed by atoms with E-state index in [2.05, 4.69) is 0 Å². The summed E-state index contributed by atoms with van der Waals surface area (Å²) < 4.78 is 25.9. The minimum Gasteiger partial charge on any atom is -0.480 e. The van der Waals surface area contributed by atoms with E-state index in [1.165, 1.54) is 11.0 Å². The molecule has 4 nitrogen and oxygen atoms in total. The van der Waals surface area contributed by atoms with Crippen LogP contribution < -0.4 is 0 Å². The number of carboxylic acids is 1. The second-order valence-corrected chi connectivity index (χ2v) is 5.54. The Balaban J connectivity index is 1.86. The largest absolute Gasteiger partial charge is 0.480 e. The Labute approximate surface area is 127 Å². The fourth-order valence-electron chi connectivity index (χ4n) is 2.77. The molecule has 1 fully saturated rings. The van der Waals surface area contributed by atoms with Gasteiger partial charge in [-0.05, 0) is 49.8 Å². The van der Waals surface area contributed by atoms with E-state index in [1.54, 1.807) is 0 Å². The van der Waals surface area contributed by atoms with Gasteiger partial charge < -0.3 is 10.0 Å².